The van der Waals surface area contributed by atoms with E-state index in [0.29, 0.717) is 26.9 Å². The smallest absolute Gasteiger partial charge is 0.193 e. The molecule has 0 spiro atoms. The average molecular weight is 349 g/mol. The fourth-order valence-corrected chi connectivity index (χ4v) is 2.51. The van der Waals surface area contributed by atoms with Gasteiger partial charge in [-0.1, -0.05) is 16.1 Å². The molecule has 0 saturated heterocycles. The molecule has 0 aliphatic heterocycles. The van der Waals surface area contributed by atoms with E-state index in [2.05, 4.69) is 9.59 Å². The molecule has 7 heteroatoms. The Morgan fingerprint density at radius 1 is 1.09 bits per heavy atom. The van der Waals surface area contributed by atoms with Gasteiger partial charge in [-0.3, -0.25) is 4.79 Å². The van der Waals surface area contributed by atoms with E-state index >= 15 is 0 Å². The van der Waals surface area contributed by atoms with Crippen LogP contribution in [0.25, 0.3) is 0 Å². The van der Waals surface area contributed by atoms with Crippen LogP contribution < -0.4 is 4.74 Å². The monoisotopic (exact) mass is 348 g/mol. The second-order valence-electron chi connectivity index (χ2n) is 4.64. The molecule has 0 unspecified atom stereocenters. The molecule has 0 aliphatic rings. The molecule has 0 fully saturated rings. The van der Waals surface area contributed by atoms with Crippen LogP contribution in [0, 0.1) is 5.82 Å². The minimum Gasteiger partial charge on any atom is -0.487 e. The minimum atomic E-state index is -0.375. The number of hydrogen-bond acceptors (Lipinski definition) is 5. The van der Waals surface area contributed by atoms with Crippen LogP contribution in [0.1, 0.15) is 21.6 Å². The van der Waals surface area contributed by atoms with E-state index < -0.39 is 0 Å². The number of ketones is 1. The number of halogens is 2. The third kappa shape index (κ3) is 3.72. The molecule has 1 aromatic heterocycles. The van der Waals surface area contributed by atoms with E-state index in [-0.39, 0.29) is 18.2 Å². The number of ether oxygens (including phenoxy) is 1. The van der Waals surface area contributed by atoms with Gasteiger partial charge < -0.3 is 4.74 Å². The lowest BCUT2D eigenvalue weighted by Crippen LogP contribution is -2.02. The van der Waals surface area contributed by atoms with Gasteiger partial charge >= 0.3 is 0 Å². The van der Waals surface area contributed by atoms with Crippen molar-refractivity contribution >= 4 is 28.9 Å². The van der Waals surface area contributed by atoms with Crippen LogP contribution in [0.15, 0.2) is 48.5 Å². The fourth-order valence-electron chi connectivity index (χ4n) is 1.91. The van der Waals surface area contributed by atoms with Gasteiger partial charge in [0.05, 0.1) is 0 Å². The van der Waals surface area contributed by atoms with E-state index in [1.54, 1.807) is 24.3 Å². The van der Waals surface area contributed by atoms with Gasteiger partial charge in [0.2, 0.25) is 0 Å². The zero-order chi connectivity index (χ0) is 16.2. The molecule has 3 aromatic rings. The lowest BCUT2D eigenvalue weighted by atomic mass is 10.0. The molecule has 0 atom stereocenters. The Morgan fingerprint density at radius 2 is 1.70 bits per heavy atom. The number of aromatic nitrogens is 2. The largest absolute Gasteiger partial charge is 0.487 e. The van der Waals surface area contributed by atoms with Crippen LogP contribution in [0.2, 0.25) is 4.34 Å². The third-order valence-electron chi connectivity index (χ3n) is 3.11. The van der Waals surface area contributed by atoms with Crippen molar-refractivity contribution in [3.05, 3.63) is 75.5 Å². The summed E-state index contributed by atoms with van der Waals surface area (Å²) in [4.78, 5) is 12.3. The van der Waals surface area contributed by atoms with Gasteiger partial charge in [0.1, 0.15) is 28.2 Å². The van der Waals surface area contributed by atoms with Crippen molar-refractivity contribution in [3.63, 3.8) is 0 Å². The van der Waals surface area contributed by atoms with Crippen LogP contribution in [0.4, 0.5) is 4.39 Å². The van der Waals surface area contributed by atoms with Gasteiger partial charge in [-0.05, 0) is 48.5 Å². The summed E-state index contributed by atoms with van der Waals surface area (Å²) in [5.41, 5.74) is 1.50. The van der Waals surface area contributed by atoms with E-state index in [0.717, 1.165) is 11.5 Å². The Bertz CT molecular complexity index is 819. The molecular weight excluding hydrogens is 339 g/mol. The third-order valence-corrected chi connectivity index (χ3v) is 4.09. The van der Waals surface area contributed by atoms with Crippen LogP contribution >= 0.6 is 23.1 Å². The SMILES string of the molecule is O=C(c1ccc(F)cc1)c1ccc(OCc2nnsc2Cl)cc1. The molecular formula is C16H10ClFN2O2S. The van der Waals surface area contributed by atoms with E-state index in [9.17, 15) is 9.18 Å². The molecule has 0 bridgehead atoms. The number of carbonyl (C=O) groups excluding carboxylic acids is 1. The molecule has 0 saturated carbocycles. The molecule has 116 valence electrons. The summed E-state index contributed by atoms with van der Waals surface area (Å²) in [7, 11) is 0. The van der Waals surface area contributed by atoms with Crippen molar-refractivity contribution in [1.29, 1.82) is 0 Å². The number of nitrogens with zero attached hydrogens (tertiary/aromatic N) is 2. The Hall–Kier alpha value is -2.31. The van der Waals surface area contributed by atoms with Gasteiger partial charge in [-0.25, -0.2) is 4.39 Å². The highest BCUT2D eigenvalue weighted by molar-refractivity contribution is 7.10. The Morgan fingerprint density at radius 3 is 2.26 bits per heavy atom. The first kappa shape index (κ1) is 15.6. The standard InChI is InChI=1S/C16H10ClFN2O2S/c17-16-14(19-20-23-16)9-22-13-7-3-11(4-8-13)15(21)10-1-5-12(18)6-2-10/h1-8H,9H2. The first-order chi connectivity index (χ1) is 11.1. The predicted octanol–water partition coefficient (Wildman–Crippen LogP) is 4.14. The molecule has 0 aliphatic carbocycles. The molecule has 4 nitrogen and oxygen atoms in total. The van der Waals surface area contributed by atoms with Crippen LogP contribution in [0.3, 0.4) is 0 Å². The van der Waals surface area contributed by atoms with Crippen molar-refractivity contribution in [2.45, 2.75) is 6.61 Å². The van der Waals surface area contributed by atoms with Gasteiger partial charge in [0.15, 0.2) is 5.78 Å². The highest BCUT2D eigenvalue weighted by Crippen LogP contribution is 2.20. The normalized spacial score (nSPS) is 10.5. The maximum absolute atomic E-state index is 12.9. The zero-order valence-electron chi connectivity index (χ0n) is 11.7. The van der Waals surface area contributed by atoms with E-state index in [1.165, 1.54) is 24.3 Å². The number of carbonyl (C=O) groups is 1. The van der Waals surface area contributed by atoms with Crippen molar-refractivity contribution < 1.29 is 13.9 Å². The molecule has 23 heavy (non-hydrogen) atoms. The fraction of sp³-hybridized carbons (Fsp3) is 0.0625. The summed E-state index contributed by atoms with van der Waals surface area (Å²) < 4.78 is 22.6. The van der Waals surface area contributed by atoms with Crippen LogP contribution in [-0.2, 0) is 6.61 Å². The van der Waals surface area contributed by atoms with Gasteiger partial charge in [-0.2, -0.15) is 0 Å². The topological polar surface area (TPSA) is 52.1 Å². The number of benzene rings is 2. The molecule has 0 N–H and O–H groups in total. The van der Waals surface area contributed by atoms with Crippen LogP contribution in [0.5, 0.6) is 5.75 Å². The Balaban J connectivity index is 1.68. The lowest BCUT2D eigenvalue weighted by Gasteiger charge is -2.06. The van der Waals surface area contributed by atoms with Crippen molar-refractivity contribution in [1.82, 2.24) is 9.59 Å². The zero-order valence-corrected chi connectivity index (χ0v) is 13.3. The summed E-state index contributed by atoms with van der Waals surface area (Å²) in [6.07, 6.45) is 0. The lowest BCUT2D eigenvalue weighted by molar-refractivity contribution is 0.103. The second kappa shape index (κ2) is 6.85. The average Bonchev–Trinajstić information content (AvgIpc) is 2.99. The highest BCUT2D eigenvalue weighted by Gasteiger charge is 2.10. The molecule has 2 aromatic carbocycles. The molecule has 3 rings (SSSR count). The van der Waals surface area contributed by atoms with Crippen molar-refractivity contribution in [2.75, 3.05) is 0 Å². The minimum absolute atomic E-state index is 0.178. The quantitative estimate of drug-likeness (QED) is 0.650. The first-order valence-corrected chi connectivity index (χ1v) is 7.78. The Labute approximate surface area is 140 Å². The molecule has 1 heterocycles. The van der Waals surface area contributed by atoms with E-state index in [1.807, 2.05) is 0 Å². The summed E-state index contributed by atoms with van der Waals surface area (Å²) in [5.74, 6) is 0.0357. The van der Waals surface area contributed by atoms with Crippen LogP contribution in [-0.4, -0.2) is 15.4 Å². The maximum Gasteiger partial charge on any atom is 0.193 e. The summed E-state index contributed by atoms with van der Waals surface area (Å²) in [6.45, 7) is 0.209. The van der Waals surface area contributed by atoms with E-state index in [4.69, 9.17) is 16.3 Å². The van der Waals surface area contributed by atoms with Gasteiger partial charge in [0, 0.05) is 22.7 Å². The van der Waals surface area contributed by atoms with Crippen molar-refractivity contribution in [3.8, 4) is 5.75 Å². The maximum atomic E-state index is 12.9. The number of hydrogen-bond donors (Lipinski definition) is 0. The summed E-state index contributed by atoms with van der Waals surface area (Å²) >= 11 is 6.99. The molecule has 0 amide bonds. The predicted molar refractivity (Wildman–Crippen MR) is 85.5 cm³/mol. The Kier molecular flexibility index (Phi) is 4.64. The first-order valence-electron chi connectivity index (χ1n) is 6.63. The number of rotatable bonds is 5. The highest BCUT2D eigenvalue weighted by atomic mass is 35.5. The van der Waals surface area contributed by atoms with Gasteiger partial charge in [0.25, 0.3) is 0 Å². The summed E-state index contributed by atoms with van der Waals surface area (Å²) in [5, 5.41) is 3.85. The molecule has 0 radical (unpaired) electrons. The second-order valence-corrected chi connectivity index (χ2v) is 6.00. The summed E-state index contributed by atoms with van der Waals surface area (Å²) in [6, 6.07) is 12.1. The van der Waals surface area contributed by atoms with Gasteiger partial charge in [-0.15, -0.1) is 5.10 Å². The van der Waals surface area contributed by atoms with Crippen molar-refractivity contribution in [2.24, 2.45) is 0 Å².